The summed E-state index contributed by atoms with van der Waals surface area (Å²) in [6.45, 7) is 1.69. The van der Waals surface area contributed by atoms with Crippen molar-refractivity contribution in [2.45, 2.75) is 13.0 Å². The van der Waals surface area contributed by atoms with Crippen LogP contribution in [-0.2, 0) is 7.05 Å². The van der Waals surface area contributed by atoms with Crippen LogP contribution >= 0.6 is 11.6 Å². The van der Waals surface area contributed by atoms with E-state index in [0.29, 0.717) is 22.4 Å². The molecule has 3 rings (SSSR count). The number of halogens is 1. The number of rotatable bonds is 4. The highest BCUT2D eigenvalue weighted by molar-refractivity contribution is 6.30. The molecule has 118 valence electrons. The van der Waals surface area contributed by atoms with Crippen LogP contribution in [0, 0.1) is 6.92 Å². The first-order valence-electron chi connectivity index (χ1n) is 6.87. The molecule has 8 heteroatoms. The zero-order valence-electron chi connectivity index (χ0n) is 12.5. The monoisotopic (exact) mass is 331 g/mol. The van der Waals surface area contributed by atoms with Gasteiger partial charge in [0.05, 0.1) is 6.33 Å². The summed E-state index contributed by atoms with van der Waals surface area (Å²) in [4.78, 5) is 20.6. The maximum atomic E-state index is 12.4. The molecule has 0 aliphatic rings. The Kier molecular flexibility index (Phi) is 4.12. The fraction of sp³-hybridized carbons (Fsp3) is 0.200. The van der Waals surface area contributed by atoms with E-state index in [4.69, 9.17) is 16.1 Å². The average molecular weight is 332 g/mol. The maximum absolute atomic E-state index is 12.4. The van der Waals surface area contributed by atoms with Crippen LogP contribution in [0.15, 0.2) is 41.3 Å². The number of hydrogen-bond acceptors (Lipinski definition) is 5. The zero-order chi connectivity index (χ0) is 16.4. The molecule has 0 saturated heterocycles. The smallest absolute Gasteiger partial charge is 0.272 e. The van der Waals surface area contributed by atoms with Crippen molar-refractivity contribution in [1.82, 2.24) is 25.0 Å². The minimum Gasteiger partial charge on any atom is -0.340 e. The predicted octanol–water partition coefficient (Wildman–Crippen LogP) is 2.28. The fourth-order valence-electron chi connectivity index (χ4n) is 2.12. The van der Waals surface area contributed by atoms with Crippen LogP contribution in [0.3, 0.4) is 0 Å². The SMILES string of the molecule is Cc1nc([C@@H](NC(=O)c2cn(C)cn2)c2ccc(Cl)cc2)no1. The lowest BCUT2D eigenvalue weighted by molar-refractivity contribution is 0.0936. The first kappa shape index (κ1) is 15.2. The Morgan fingerprint density at radius 3 is 2.65 bits per heavy atom. The van der Waals surface area contributed by atoms with E-state index in [-0.39, 0.29) is 5.91 Å². The lowest BCUT2D eigenvalue weighted by Crippen LogP contribution is -2.30. The van der Waals surface area contributed by atoms with Gasteiger partial charge in [0.15, 0.2) is 5.82 Å². The number of aryl methyl sites for hydroxylation is 2. The second-order valence-corrected chi connectivity index (χ2v) is 5.49. The van der Waals surface area contributed by atoms with E-state index >= 15 is 0 Å². The van der Waals surface area contributed by atoms with Crippen molar-refractivity contribution in [3.8, 4) is 0 Å². The van der Waals surface area contributed by atoms with Gasteiger partial charge in [0.25, 0.3) is 5.91 Å². The average Bonchev–Trinajstić information content (AvgIpc) is 3.14. The number of hydrogen-bond donors (Lipinski definition) is 1. The third-order valence-electron chi connectivity index (χ3n) is 3.22. The van der Waals surface area contributed by atoms with Gasteiger partial charge in [-0.2, -0.15) is 4.98 Å². The summed E-state index contributed by atoms with van der Waals surface area (Å²) in [5.41, 5.74) is 1.10. The topological polar surface area (TPSA) is 85.8 Å². The van der Waals surface area contributed by atoms with Crippen LogP contribution in [0.5, 0.6) is 0 Å². The summed E-state index contributed by atoms with van der Waals surface area (Å²) in [6.07, 6.45) is 3.19. The standard InChI is InChI=1S/C15H14ClN5O2/c1-9-18-14(20-23-9)13(10-3-5-11(16)6-4-10)19-15(22)12-7-21(2)8-17-12/h3-8,13H,1-2H3,(H,19,22)/t13-/m0/s1. The van der Waals surface area contributed by atoms with E-state index in [1.165, 1.54) is 0 Å². The summed E-state index contributed by atoms with van der Waals surface area (Å²) >= 11 is 5.92. The second kappa shape index (κ2) is 6.21. The highest BCUT2D eigenvalue weighted by Crippen LogP contribution is 2.22. The van der Waals surface area contributed by atoms with Crippen molar-refractivity contribution >= 4 is 17.5 Å². The molecule has 0 spiro atoms. The molecule has 0 aliphatic carbocycles. The lowest BCUT2D eigenvalue weighted by atomic mass is 10.1. The van der Waals surface area contributed by atoms with Gasteiger partial charge in [0.2, 0.25) is 5.89 Å². The lowest BCUT2D eigenvalue weighted by Gasteiger charge is -2.15. The van der Waals surface area contributed by atoms with Crippen molar-refractivity contribution in [3.05, 3.63) is 64.8 Å². The van der Waals surface area contributed by atoms with Crippen LogP contribution in [0.2, 0.25) is 5.02 Å². The number of amides is 1. The van der Waals surface area contributed by atoms with Crippen molar-refractivity contribution in [2.75, 3.05) is 0 Å². The number of benzene rings is 1. The first-order valence-corrected chi connectivity index (χ1v) is 7.25. The van der Waals surface area contributed by atoms with Crippen LogP contribution in [0.4, 0.5) is 0 Å². The van der Waals surface area contributed by atoms with Crippen molar-refractivity contribution in [1.29, 1.82) is 0 Å². The second-order valence-electron chi connectivity index (χ2n) is 5.05. The zero-order valence-corrected chi connectivity index (χ0v) is 13.3. The Bertz CT molecular complexity index is 825. The third kappa shape index (κ3) is 3.40. The van der Waals surface area contributed by atoms with Gasteiger partial charge in [-0.3, -0.25) is 4.79 Å². The number of imidazole rings is 1. The van der Waals surface area contributed by atoms with Crippen LogP contribution in [0.25, 0.3) is 0 Å². The molecule has 1 atom stereocenters. The van der Waals surface area contributed by atoms with E-state index in [9.17, 15) is 4.79 Å². The van der Waals surface area contributed by atoms with E-state index in [1.54, 1.807) is 55.3 Å². The van der Waals surface area contributed by atoms with Gasteiger partial charge in [-0.15, -0.1) is 0 Å². The normalized spacial score (nSPS) is 12.1. The van der Waals surface area contributed by atoms with Gasteiger partial charge in [0.1, 0.15) is 11.7 Å². The molecule has 2 heterocycles. The molecular weight excluding hydrogens is 318 g/mol. The number of nitrogens with zero attached hydrogens (tertiary/aromatic N) is 4. The van der Waals surface area contributed by atoms with Crippen LogP contribution < -0.4 is 5.32 Å². The largest absolute Gasteiger partial charge is 0.340 e. The number of carbonyl (C=O) groups is 1. The molecule has 1 N–H and O–H groups in total. The van der Waals surface area contributed by atoms with E-state index in [0.717, 1.165) is 5.56 Å². The first-order chi connectivity index (χ1) is 11.0. The molecule has 0 radical (unpaired) electrons. The molecule has 1 aromatic carbocycles. The fourth-order valence-corrected chi connectivity index (χ4v) is 2.25. The molecule has 23 heavy (non-hydrogen) atoms. The highest BCUT2D eigenvalue weighted by Gasteiger charge is 2.23. The van der Waals surface area contributed by atoms with Gasteiger partial charge in [-0.25, -0.2) is 4.98 Å². The Morgan fingerprint density at radius 1 is 1.35 bits per heavy atom. The Labute approximate surface area is 137 Å². The predicted molar refractivity (Wildman–Crippen MR) is 83.0 cm³/mol. The van der Waals surface area contributed by atoms with Crippen LogP contribution in [0.1, 0.15) is 33.8 Å². The molecule has 2 aromatic heterocycles. The maximum Gasteiger partial charge on any atom is 0.272 e. The summed E-state index contributed by atoms with van der Waals surface area (Å²) in [5.74, 6) is 0.466. The Morgan fingerprint density at radius 2 is 2.09 bits per heavy atom. The molecule has 1 amide bonds. The molecule has 0 unspecified atom stereocenters. The van der Waals surface area contributed by atoms with Crippen molar-refractivity contribution in [3.63, 3.8) is 0 Å². The quantitative estimate of drug-likeness (QED) is 0.792. The van der Waals surface area contributed by atoms with Crippen molar-refractivity contribution < 1.29 is 9.32 Å². The molecule has 3 aromatic rings. The molecule has 7 nitrogen and oxygen atoms in total. The molecule has 0 saturated carbocycles. The van der Waals surface area contributed by atoms with Gasteiger partial charge < -0.3 is 14.4 Å². The van der Waals surface area contributed by atoms with E-state index < -0.39 is 6.04 Å². The number of nitrogens with one attached hydrogen (secondary N) is 1. The van der Waals surface area contributed by atoms with Gasteiger partial charge >= 0.3 is 0 Å². The highest BCUT2D eigenvalue weighted by atomic mass is 35.5. The molecule has 0 aliphatic heterocycles. The van der Waals surface area contributed by atoms with Crippen LogP contribution in [-0.4, -0.2) is 25.6 Å². The van der Waals surface area contributed by atoms with Crippen molar-refractivity contribution in [2.24, 2.45) is 7.05 Å². The van der Waals surface area contributed by atoms with Gasteiger partial charge in [0, 0.05) is 25.2 Å². The Balaban J connectivity index is 1.92. The molecule has 0 fully saturated rings. The molecule has 0 bridgehead atoms. The molecular formula is C15H14ClN5O2. The van der Waals surface area contributed by atoms with E-state index in [1.807, 2.05) is 0 Å². The minimum atomic E-state index is -0.556. The summed E-state index contributed by atoms with van der Waals surface area (Å²) < 4.78 is 6.72. The summed E-state index contributed by atoms with van der Waals surface area (Å²) in [6, 6.07) is 6.53. The number of aromatic nitrogens is 4. The van der Waals surface area contributed by atoms with E-state index in [2.05, 4.69) is 20.4 Å². The Hall–Kier alpha value is -2.67. The third-order valence-corrected chi connectivity index (χ3v) is 3.47. The van der Waals surface area contributed by atoms with Gasteiger partial charge in [-0.1, -0.05) is 28.9 Å². The number of carbonyl (C=O) groups excluding carboxylic acids is 1. The summed E-state index contributed by atoms with van der Waals surface area (Å²) in [7, 11) is 1.79. The van der Waals surface area contributed by atoms with Gasteiger partial charge in [-0.05, 0) is 17.7 Å². The minimum absolute atomic E-state index is 0.312. The summed E-state index contributed by atoms with van der Waals surface area (Å²) in [5, 5.41) is 7.38.